The minimum Gasteiger partial charge on any atom is -0.446 e. The predicted molar refractivity (Wildman–Crippen MR) is 93.0 cm³/mol. The maximum atomic E-state index is 12.3. The molecule has 128 valence electrons. The molecule has 2 aromatic heterocycles. The molecule has 1 saturated carbocycles. The monoisotopic (exact) mass is 393 g/mol. The number of carbonyl (C=O) groups excluding carboxylic acids is 1. The van der Waals surface area contributed by atoms with Gasteiger partial charge < -0.3 is 15.0 Å². The average Bonchev–Trinajstić information content (AvgIpc) is 3.16. The summed E-state index contributed by atoms with van der Waals surface area (Å²) >= 11 is 3.42. The minimum atomic E-state index is -0.162. The highest BCUT2D eigenvalue weighted by molar-refractivity contribution is 9.10. The van der Waals surface area contributed by atoms with Crippen molar-refractivity contribution in [3.05, 3.63) is 22.9 Å². The number of imidazole rings is 1. The Hall–Kier alpha value is -1.83. The van der Waals surface area contributed by atoms with Gasteiger partial charge in [-0.1, -0.05) is 0 Å². The molecule has 1 aliphatic heterocycles. The predicted octanol–water partition coefficient (Wildman–Crippen LogP) is 3.06. The molecule has 0 unspecified atom stereocenters. The molecule has 1 atom stereocenters. The number of nitrogens with zero attached hydrogens (tertiary/aromatic N) is 4. The fourth-order valence-corrected chi connectivity index (χ4v) is 3.51. The first-order chi connectivity index (χ1) is 11.7. The average molecular weight is 394 g/mol. The Morgan fingerprint density at radius 1 is 1.33 bits per heavy atom. The van der Waals surface area contributed by atoms with Gasteiger partial charge in [0.1, 0.15) is 16.5 Å². The van der Waals surface area contributed by atoms with E-state index in [1.165, 1.54) is 6.42 Å². The molecule has 7 nitrogen and oxygen atoms in total. The van der Waals surface area contributed by atoms with E-state index >= 15 is 0 Å². The quantitative estimate of drug-likeness (QED) is 0.863. The molecule has 4 rings (SSSR count). The van der Waals surface area contributed by atoms with Crippen molar-refractivity contribution in [2.45, 2.75) is 44.2 Å². The van der Waals surface area contributed by atoms with Gasteiger partial charge in [0.05, 0.1) is 12.2 Å². The summed E-state index contributed by atoms with van der Waals surface area (Å²) in [4.78, 5) is 18.4. The zero-order chi connectivity index (χ0) is 16.5. The number of rotatable bonds is 4. The first-order valence-electron chi connectivity index (χ1n) is 8.42. The van der Waals surface area contributed by atoms with Crippen molar-refractivity contribution in [2.75, 3.05) is 18.4 Å². The smallest absolute Gasteiger partial charge is 0.410 e. The van der Waals surface area contributed by atoms with E-state index in [1.807, 2.05) is 17.0 Å². The van der Waals surface area contributed by atoms with Crippen LogP contribution in [0, 0.1) is 0 Å². The van der Waals surface area contributed by atoms with Crippen LogP contribution in [0.3, 0.4) is 0 Å². The van der Waals surface area contributed by atoms with E-state index in [0.717, 1.165) is 48.3 Å². The Balaban J connectivity index is 1.38. The van der Waals surface area contributed by atoms with Crippen LogP contribution in [0.5, 0.6) is 0 Å². The fraction of sp³-hybridized carbons (Fsp3) is 0.562. The van der Waals surface area contributed by atoms with Gasteiger partial charge in [-0.2, -0.15) is 0 Å². The first kappa shape index (κ1) is 15.7. The molecule has 3 heterocycles. The van der Waals surface area contributed by atoms with E-state index in [0.29, 0.717) is 6.54 Å². The number of halogens is 1. The summed E-state index contributed by atoms with van der Waals surface area (Å²) in [6.45, 7) is 1.45. The second kappa shape index (κ2) is 6.58. The molecular weight excluding hydrogens is 374 g/mol. The van der Waals surface area contributed by atoms with Gasteiger partial charge >= 0.3 is 6.09 Å². The van der Waals surface area contributed by atoms with Crippen LogP contribution in [-0.2, 0) is 4.74 Å². The zero-order valence-corrected chi connectivity index (χ0v) is 14.9. The third kappa shape index (κ3) is 3.07. The van der Waals surface area contributed by atoms with E-state index in [2.05, 4.69) is 31.3 Å². The SMILES string of the molecule is O=C(OC1CCC1)N1CCC[C@H]1CNc1ccc2ncc(Br)n2n1. The number of ether oxygens (including phenoxy) is 1. The first-order valence-corrected chi connectivity index (χ1v) is 9.21. The summed E-state index contributed by atoms with van der Waals surface area (Å²) in [7, 11) is 0. The van der Waals surface area contributed by atoms with Crippen LogP contribution in [-0.4, -0.2) is 50.8 Å². The standard InChI is InChI=1S/C16H20BrN5O2/c17-13-10-19-15-7-6-14(20-22(13)15)18-9-11-3-2-8-21(11)16(23)24-12-4-1-5-12/h6-7,10-12H,1-5,8-9H2,(H,18,20)/t11-/m0/s1. The lowest BCUT2D eigenvalue weighted by Gasteiger charge is -2.30. The molecular formula is C16H20BrN5O2. The van der Waals surface area contributed by atoms with Crippen molar-refractivity contribution < 1.29 is 9.53 Å². The third-order valence-electron chi connectivity index (χ3n) is 4.77. The summed E-state index contributed by atoms with van der Waals surface area (Å²) in [5, 5.41) is 7.83. The summed E-state index contributed by atoms with van der Waals surface area (Å²) in [5.41, 5.74) is 0.791. The largest absolute Gasteiger partial charge is 0.446 e. The molecule has 2 fully saturated rings. The highest BCUT2D eigenvalue weighted by Crippen LogP contribution is 2.25. The van der Waals surface area contributed by atoms with Gasteiger partial charge in [0, 0.05) is 13.1 Å². The second-order valence-corrected chi connectivity index (χ2v) is 7.19. The van der Waals surface area contributed by atoms with Gasteiger partial charge in [-0.25, -0.2) is 14.3 Å². The van der Waals surface area contributed by atoms with Crippen LogP contribution in [0.2, 0.25) is 0 Å². The van der Waals surface area contributed by atoms with Crippen LogP contribution in [0.4, 0.5) is 10.6 Å². The number of likely N-dealkylation sites (tertiary alicyclic amines) is 1. The lowest BCUT2D eigenvalue weighted by atomic mass is 9.96. The Kier molecular flexibility index (Phi) is 4.30. The number of carbonyl (C=O) groups is 1. The number of hydrogen-bond acceptors (Lipinski definition) is 5. The van der Waals surface area contributed by atoms with Crippen molar-refractivity contribution in [3.8, 4) is 0 Å². The molecule has 1 amide bonds. The maximum Gasteiger partial charge on any atom is 0.410 e. The van der Waals surface area contributed by atoms with Crippen LogP contribution in [0.1, 0.15) is 32.1 Å². The van der Waals surface area contributed by atoms with Gasteiger partial charge in [-0.15, -0.1) is 5.10 Å². The summed E-state index contributed by atoms with van der Waals surface area (Å²) in [6, 6.07) is 3.97. The van der Waals surface area contributed by atoms with Gasteiger partial charge in [0.2, 0.25) is 0 Å². The summed E-state index contributed by atoms with van der Waals surface area (Å²) in [6.07, 6.45) is 6.88. The number of amides is 1. The van der Waals surface area contributed by atoms with Gasteiger partial charge in [-0.3, -0.25) is 0 Å². The Morgan fingerprint density at radius 3 is 3.00 bits per heavy atom. The summed E-state index contributed by atoms with van der Waals surface area (Å²) in [5.74, 6) is 0.764. The molecule has 0 spiro atoms. The van der Waals surface area contributed by atoms with E-state index in [-0.39, 0.29) is 18.2 Å². The third-order valence-corrected chi connectivity index (χ3v) is 5.31. The highest BCUT2D eigenvalue weighted by Gasteiger charge is 2.32. The highest BCUT2D eigenvalue weighted by atomic mass is 79.9. The Morgan fingerprint density at radius 2 is 2.21 bits per heavy atom. The van der Waals surface area contributed by atoms with E-state index in [9.17, 15) is 4.79 Å². The van der Waals surface area contributed by atoms with Crippen molar-refractivity contribution in [1.82, 2.24) is 19.5 Å². The Bertz CT molecular complexity index is 745. The lowest BCUT2D eigenvalue weighted by molar-refractivity contribution is 0.0254. The van der Waals surface area contributed by atoms with Crippen LogP contribution in [0.15, 0.2) is 22.9 Å². The molecule has 0 aromatic carbocycles. The molecule has 2 aliphatic rings. The Labute approximate surface area is 148 Å². The number of nitrogens with one attached hydrogen (secondary N) is 1. The van der Waals surface area contributed by atoms with Crippen LogP contribution >= 0.6 is 15.9 Å². The van der Waals surface area contributed by atoms with Gasteiger partial charge in [-0.05, 0) is 60.2 Å². The van der Waals surface area contributed by atoms with Crippen LogP contribution in [0.25, 0.3) is 5.65 Å². The molecule has 8 heteroatoms. The van der Waals surface area contributed by atoms with Gasteiger partial charge in [0.25, 0.3) is 0 Å². The minimum absolute atomic E-state index is 0.134. The molecule has 0 radical (unpaired) electrons. The lowest BCUT2D eigenvalue weighted by Crippen LogP contribution is -2.42. The summed E-state index contributed by atoms with van der Waals surface area (Å²) < 4.78 is 8.09. The zero-order valence-electron chi connectivity index (χ0n) is 13.3. The van der Waals surface area contributed by atoms with Crippen molar-refractivity contribution in [1.29, 1.82) is 0 Å². The van der Waals surface area contributed by atoms with Gasteiger partial charge in [0.15, 0.2) is 5.65 Å². The van der Waals surface area contributed by atoms with Crippen LogP contribution < -0.4 is 5.32 Å². The molecule has 0 bridgehead atoms. The van der Waals surface area contributed by atoms with E-state index in [1.54, 1.807) is 10.7 Å². The normalized spacial score (nSPS) is 21.0. The number of fused-ring (bicyclic) bond motifs is 1. The number of anilines is 1. The molecule has 1 saturated heterocycles. The molecule has 2 aromatic rings. The maximum absolute atomic E-state index is 12.3. The fourth-order valence-electron chi connectivity index (χ4n) is 3.15. The van der Waals surface area contributed by atoms with Crippen molar-refractivity contribution in [3.63, 3.8) is 0 Å². The second-order valence-electron chi connectivity index (χ2n) is 6.38. The van der Waals surface area contributed by atoms with E-state index in [4.69, 9.17) is 4.74 Å². The molecule has 1 aliphatic carbocycles. The molecule has 24 heavy (non-hydrogen) atoms. The topological polar surface area (TPSA) is 71.8 Å². The number of aromatic nitrogens is 3. The van der Waals surface area contributed by atoms with Crippen molar-refractivity contribution in [2.24, 2.45) is 0 Å². The van der Waals surface area contributed by atoms with Crippen molar-refractivity contribution >= 4 is 33.5 Å². The number of hydrogen-bond donors (Lipinski definition) is 1. The van der Waals surface area contributed by atoms with E-state index < -0.39 is 0 Å². The molecule has 1 N–H and O–H groups in total.